The minimum atomic E-state index is 0.542. The SMILES string of the molecule is CCCNC(=NC)NCc1ccc(Oc2cccc(OC)c2)nc1. The average Bonchev–Trinajstić information content (AvgIpc) is 2.63. The zero-order chi connectivity index (χ0) is 17.2. The quantitative estimate of drug-likeness (QED) is 0.604. The second-order valence-corrected chi connectivity index (χ2v) is 5.14. The summed E-state index contributed by atoms with van der Waals surface area (Å²) in [6.45, 7) is 3.66. The fourth-order valence-electron chi connectivity index (χ4n) is 2.01. The fraction of sp³-hybridized carbons (Fsp3) is 0.333. The van der Waals surface area contributed by atoms with Gasteiger partial charge < -0.3 is 20.1 Å². The first-order valence-corrected chi connectivity index (χ1v) is 7.96. The Bertz CT molecular complexity index is 656. The van der Waals surface area contributed by atoms with Crippen LogP contribution in [0.1, 0.15) is 18.9 Å². The summed E-state index contributed by atoms with van der Waals surface area (Å²) in [5.74, 6) is 2.77. The zero-order valence-corrected chi connectivity index (χ0v) is 14.4. The van der Waals surface area contributed by atoms with Crippen LogP contribution in [0.15, 0.2) is 47.6 Å². The molecule has 0 bridgehead atoms. The summed E-state index contributed by atoms with van der Waals surface area (Å²) in [7, 11) is 3.39. The summed E-state index contributed by atoms with van der Waals surface area (Å²) in [5.41, 5.74) is 1.05. The number of ether oxygens (including phenoxy) is 2. The van der Waals surface area contributed by atoms with Crippen molar-refractivity contribution < 1.29 is 9.47 Å². The summed E-state index contributed by atoms with van der Waals surface area (Å²) >= 11 is 0. The number of hydrogen-bond acceptors (Lipinski definition) is 4. The van der Waals surface area contributed by atoms with Crippen LogP contribution in [0, 0.1) is 0 Å². The summed E-state index contributed by atoms with van der Waals surface area (Å²) in [6, 6.07) is 11.3. The van der Waals surface area contributed by atoms with E-state index in [0.717, 1.165) is 30.2 Å². The minimum absolute atomic E-state index is 0.542. The molecule has 2 N–H and O–H groups in total. The number of nitrogens with one attached hydrogen (secondary N) is 2. The van der Waals surface area contributed by atoms with Gasteiger partial charge in [-0.15, -0.1) is 0 Å². The van der Waals surface area contributed by atoms with Crippen LogP contribution in [0.4, 0.5) is 0 Å². The van der Waals surface area contributed by atoms with E-state index in [9.17, 15) is 0 Å². The van der Waals surface area contributed by atoms with Crippen molar-refractivity contribution in [3.05, 3.63) is 48.2 Å². The number of hydrogen-bond donors (Lipinski definition) is 2. The van der Waals surface area contributed by atoms with E-state index in [1.165, 1.54) is 0 Å². The van der Waals surface area contributed by atoms with Gasteiger partial charge in [-0.05, 0) is 24.1 Å². The summed E-state index contributed by atoms with van der Waals surface area (Å²) < 4.78 is 10.9. The van der Waals surface area contributed by atoms with E-state index in [1.54, 1.807) is 20.4 Å². The lowest BCUT2D eigenvalue weighted by atomic mass is 10.3. The van der Waals surface area contributed by atoms with Gasteiger partial charge >= 0.3 is 0 Å². The van der Waals surface area contributed by atoms with Crippen LogP contribution in [-0.4, -0.2) is 31.6 Å². The van der Waals surface area contributed by atoms with E-state index in [-0.39, 0.29) is 0 Å². The van der Waals surface area contributed by atoms with Gasteiger partial charge in [0.2, 0.25) is 5.88 Å². The normalized spacial score (nSPS) is 11.0. The van der Waals surface area contributed by atoms with E-state index >= 15 is 0 Å². The van der Waals surface area contributed by atoms with Crippen molar-refractivity contribution in [1.29, 1.82) is 0 Å². The molecule has 0 radical (unpaired) electrons. The van der Waals surface area contributed by atoms with Gasteiger partial charge in [0, 0.05) is 38.5 Å². The Kier molecular flexibility index (Phi) is 6.89. The highest BCUT2D eigenvalue weighted by atomic mass is 16.5. The molecule has 0 unspecified atom stereocenters. The molecular weight excluding hydrogens is 304 g/mol. The standard InChI is InChI=1S/C18H24N4O2/c1-4-10-20-18(19-2)22-13-14-8-9-17(21-12-14)24-16-7-5-6-15(11-16)23-3/h5-9,11-12H,4,10,13H2,1-3H3,(H2,19,20,22). The highest BCUT2D eigenvalue weighted by Crippen LogP contribution is 2.23. The van der Waals surface area contributed by atoms with E-state index < -0.39 is 0 Å². The number of nitrogens with zero attached hydrogens (tertiary/aromatic N) is 2. The number of rotatable bonds is 7. The van der Waals surface area contributed by atoms with Crippen molar-refractivity contribution in [1.82, 2.24) is 15.6 Å². The van der Waals surface area contributed by atoms with E-state index in [0.29, 0.717) is 18.2 Å². The average molecular weight is 328 g/mol. The smallest absolute Gasteiger partial charge is 0.219 e. The molecule has 6 heteroatoms. The van der Waals surface area contributed by atoms with Crippen LogP contribution in [0.2, 0.25) is 0 Å². The summed E-state index contributed by atoms with van der Waals surface area (Å²) in [6.07, 6.45) is 2.84. The van der Waals surface area contributed by atoms with Gasteiger partial charge in [-0.25, -0.2) is 4.98 Å². The number of aromatic nitrogens is 1. The van der Waals surface area contributed by atoms with Crippen molar-refractivity contribution in [2.45, 2.75) is 19.9 Å². The van der Waals surface area contributed by atoms with E-state index in [1.807, 2.05) is 36.4 Å². The Morgan fingerprint density at radius 2 is 2.00 bits per heavy atom. The number of aliphatic imine (C=N–C) groups is 1. The Balaban J connectivity index is 1.90. The second kappa shape index (κ2) is 9.39. The highest BCUT2D eigenvalue weighted by molar-refractivity contribution is 5.79. The molecule has 0 aliphatic heterocycles. The predicted molar refractivity (Wildman–Crippen MR) is 95.8 cm³/mol. The molecule has 0 aliphatic carbocycles. The van der Waals surface area contributed by atoms with Gasteiger partial charge in [0.15, 0.2) is 5.96 Å². The molecule has 1 heterocycles. The third-order valence-corrected chi connectivity index (χ3v) is 3.29. The Labute approximate surface area is 142 Å². The molecule has 128 valence electrons. The topological polar surface area (TPSA) is 67.8 Å². The Morgan fingerprint density at radius 1 is 1.17 bits per heavy atom. The number of methoxy groups -OCH3 is 1. The van der Waals surface area contributed by atoms with Gasteiger partial charge in [0.05, 0.1) is 7.11 Å². The lowest BCUT2D eigenvalue weighted by Crippen LogP contribution is -2.37. The molecule has 0 spiro atoms. The van der Waals surface area contributed by atoms with Gasteiger partial charge in [-0.2, -0.15) is 0 Å². The molecular formula is C18H24N4O2. The maximum absolute atomic E-state index is 5.73. The van der Waals surface area contributed by atoms with Crippen LogP contribution in [0.25, 0.3) is 0 Å². The van der Waals surface area contributed by atoms with Gasteiger partial charge in [-0.1, -0.05) is 19.1 Å². The van der Waals surface area contributed by atoms with Gasteiger partial charge in [0.25, 0.3) is 0 Å². The van der Waals surface area contributed by atoms with Crippen molar-refractivity contribution in [3.63, 3.8) is 0 Å². The molecule has 6 nitrogen and oxygen atoms in total. The van der Waals surface area contributed by atoms with Crippen molar-refractivity contribution >= 4 is 5.96 Å². The molecule has 0 atom stereocenters. The molecule has 2 aromatic rings. The van der Waals surface area contributed by atoms with Crippen LogP contribution in [-0.2, 0) is 6.54 Å². The maximum atomic E-state index is 5.73. The van der Waals surface area contributed by atoms with Crippen LogP contribution >= 0.6 is 0 Å². The molecule has 0 saturated carbocycles. The molecule has 2 rings (SSSR count). The van der Waals surface area contributed by atoms with Crippen LogP contribution in [0.5, 0.6) is 17.4 Å². The van der Waals surface area contributed by atoms with Crippen molar-refractivity contribution in [2.75, 3.05) is 20.7 Å². The molecule has 24 heavy (non-hydrogen) atoms. The number of guanidine groups is 1. The predicted octanol–water partition coefficient (Wildman–Crippen LogP) is 2.96. The Hall–Kier alpha value is -2.76. The lowest BCUT2D eigenvalue weighted by molar-refractivity contribution is 0.407. The van der Waals surface area contributed by atoms with Crippen molar-refractivity contribution in [2.24, 2.45) is 4.99 Å². The monoisotopic (exact) mass is 328 g/mol. The summed E-state index contributed by atoms with van der Waals surface area (Å²) in [5, 5.41) is 6.47. The molecule has 0 saturated heterocycles. The maximum Gasteiger partial charge on any atom is 0.219 e. The van der Waals surface area contributed by atoms with E-state index in [2.05, 4.69) is 27.5 Å². The highest BCUT2D eigenvalue weighted by Gasteiger charge is 2.02. The molecule has 0 fully saturated rings. The van der Waals surface area contributed by atoms with Crippen LogP contribution < -0.4 is 20.1 Å². The lowest BCUT2D eigenvalue weighted by Gasteiger charge is -2.11. The first kappa shape index (κ1) is 17.6. The zero-order valence-electron chi connectivity index (χ0n) is 14.4. The van der Waals surface area contributed by atoms with Crippen molar-refractivity contribution in [3.8, 4) is 17.4 Å². The number of benzene rings is 1. The fourth-order valence-corrected chi connectivity index (χ4v) is 2.01. The van der Waals surface area contributed by atoms with Gasteiger partial charge in [-0.3, -0.25) is 4.99 Å². The molecule has 0 aliphatic rings. The molecule has 0 amide bonds. The third kappa shape index (κ3) is 5.46. The largest absolute Gasteiger partial charge is 0.497 e. The van der Waals surface area contributed by atoms with Gasteiger partial charge in [0.1, 0.15) is 11.5 Å². The minimum Gasteiger partial charge on any atom is -0.497 e. The first-order chi connectivity index (χ1) is 11.7. The van der Waals surface area contributed by atoms with Crippen LogP contribution in [0.3, 0.4) is 0 Å². The number of pyridine rings is 1. The third-order valence-electron chi connectivity index (χ3n) is 3.29. The second-order valence-electron chi connectivity index (χ2n) is 5.14. The Morgan fingerprint density at radius 3 is 2.67 bits per heavy atom. The summed E-state index contributed by atoms with van der Waals surface area (Å²) in [4.78, 5) is 8.50. The molecule has 1 aromatic carbocycles. The van der Waals surface area contributed by atoms with E-state index in [4.69, 9.17) is 9.47 Å². The molecule has 1 aromatic heterocycles. The first-order valence-electron chi connectivity index (χ1n) is 7.96.